The summed E-state index contributed by atoms with van der Waals surface area (Å²) in [5.41, 5.74) is 3.44. The third-order valence-electron chi connectivity index (χ3n) is 7.27. The molecule has 0 aliphatic carbocycles. The number of fused-ring (bicyclic) bond motifs is 2. The molecule has 0 radical (unpaired) electrons. The standard InChI is InChI=1S/C30H36N4O2/c1-4-34-15-5-6-25(34)19-36-26-11-9-21-16-23(8-7-22(21)17-26)29-27-18-24(10-12-28(27)32-33-29)30(35)31-14-13-20(2)3/h7-12,16-18,20,25H,4-6,13-15,19H2,1-3H3,(H,31,35)(H,32,33)/t25-/m0/s1. The van der Waals surface area contributed by atoms with E-state index in [0.29, 0.717) is 24.1 Å². The smallest absolute Gasteiger partial charge is 0.251 e. The van der Waals surface area contributed by atoms with Crippen LogP contribution < -0.4 is 10.1 Å². The maximum absolute atomic E-state index is 12.7. The SMILES string of the molecule is CCN1CCC[C@H]1COc1ccc2cc(-c3n[nH]c4ccc(C(=O)NCCC(C)C)cc34)ccc2c1. The summed E-state index contributed by atoms with van der Waals surface area (Å²) in [5.74, 6) is 1.43. The molecule has 6 heteroatoms. The molecule has 0 spiro atoms. The van der Waals surface area contributed by atoms with Crippen LogP contribution in [0, 0.1) is 5.92 Å². The summed E-state index contributed by atoms with van der Waals surface area (Å²) >= 11 is 0. The van der Waals surface area contributed by atoms with Crippen LogP contribution >= 0.6 is 0 Å². The molecule has 0 bridgehead atoms. The highest BCUT2D eigenvalue weighted by Gasteiger charge is 2.23. The minimum absolute atomic E-state index is 0.0459. The monoisotopic (exact) mass is 484 g/mol. The van der Waals surface area contributed by atoms with Crippen molar-refractivity contribution < 1.29 is 9.53 Å². The van der Waals surface area contributed by atoms with Crippen molar-refractivity contribution in [2.24, 2.45) is 5.92 Å². The Morgan fingerprint density at radius 1 is 1.14 bits per heavy atom. The van der Waals surface area contributed by atoms with E-state index in [-0.39, 0.29) is 5.91 Å². The Morgan fingerprint density at radius 2 is 1.97 bits per heavy atom. The second-order valence-corrected chi connectivity index (χ2v) is 10.2. The number of carbonyl (C=O) groups excluding carboxylic acids is 1. The second kappa shape index (κ2) is 10.7. The van der Waals surface area contributed by atoms with Crippen LogP contribution in [0.3, 0.4) is 0 Å². The van der Waals surface area contributed by atoms with E-state index in [2.05, 4.69) is 77.6 Å². The van der Waals surface area contributed by atoms with Crippen LogP contribution in [0.25, 0.3) is 32.9 Å². The lowest BCUT2D eigenvalue weighted by Crippen LogP contribution is -2.33. The number of rotatable bonds is 9. The molecule has 1 aliphatic rings. The number of likely N-dealkylation sites (N-methyl/N-ethyl adjacent to an activating group) is 1. The van der Waals surface area contributed by atoms with E-state index in [4.69, 9.17) is 4.74 Å². The number of aromatic nitrogens is 2. The van der Waals surface area contributed by atoms with E-state index in [1.807, 2.05) is 18.2 Å². The van der Waals surface area contributed by atoms with Gasteiger partial charge in [0.15, 0.2) is 0 Å². The van der Waals surface area contributed by atoms with Gasteiger partial charge in [0.25, 0.3) is 5.91 Å². The number of likely N-dealkylation sites (tertiary alicyclic amines) is 1. The number of nitrogens with one attached hydrogen (secondary N) is 2. The number of nitrogens with zero attached hydrogens (tertiary/aromatic N) is 2. The molecule has 36 heavy (non-hydrogen) atoms. The van der Waals surface area contributed by atoms with E-state index in [9.17, 15) is 4.79 Å². The normalized spacial score (nSPS) is 16.3. The molecule has 188 valence electrons. The largest absolute Gasteiger partial charge is 0.492 e. The van der Waals surface area contributed by atoms with Crippen molar-refractivity contribution in [3.05, 3.63) is 60.2 Å². The fourth-order valence-corrected chi connectivity index (χ4v) is 5.11. The number of H-pyrrole nitrogens is 1. The lowest BCUT2D eigenvalue weighted by atomic mass is 10.0. The van der Waals surface area contributed by atoms with Gasteiger partial charge in [-0.1, -0.05) is 39.0 Å². The summed E-state index contributed by atoms with van der Waals surface area (Å²) in [7, 11) is 0. The molecular weight excluding hydrogens is 448 g/mol. The highest BCUT2D eigenvalue weighted by molar-refractivity contribution is 6.02. The molecule has 1 saturated heterocycles. The lowest BCUT2D eigenvalue weighted by molar-refractivity contribution is 0.0952. The van der Waals surface area contributed by atoms with Gasteiger partial charge in [0.1, 0.15) is 12.4 Å². The van der Waals surface area contributed by atoms with Crippen LogP contribution in [0.5, 0.6) is 5.75 Å². The van der Waals surface area contributed by atoms with Gasteiger partial charge >= 0.3 is 0 Å². The zero-order valence-electron chi connectivity index (χ0n) is 21.5. The van der Waals surface area contributed by atoms with Gasteiger partial charge in [-0.15, -0.1) is 0 Å². The van der Waals surface area contributed by atoms with Crippen LogP contribution in [0.4, 0.5) is 0 Å². The fraction of sp³-hybridized carbons (Fsp3) is 0.400. The molecule has 1 fully saturated rings. The molecule has 1 atom stereocenters. The molecular formula is C30H36N4O2. The summed E-state index contributed by atoms with van der Waals surface area (Å²) < 4.78 is 6.17. The van der Waals surface area contributed by atoms with Crippen molar-refractivity contribution >= 4 is 27.6 Å². The number of aromatic amines is 1. The van der Waals surface area contributed by atoms with Gasteiger partial charge in [0, 0.05) is 29.1 Å². The Hall–Kier alpha value is -3.38. The summed E-state index contributed by atoms with van der Waals surface area (Å²) in [6, 6.07) is 18.9. The fourth-order valence-electron chi connectivity index (χ4n) is 5.11. The Bertz CT molecular complexity index is 1360. The van der Waals surface area contributed by atoms with Gasteiger partial charge in [0.05, 0.1) is 11.2 Å². The van der Waals surface area contributed by atoms with Gasteiger partial charge < -0.3 is 10.1 Å². The molecule has 5 rings (SSSR count). The topological polar surface area (TPSA) is 70.2 Å². The quantitative estimate of drug-likeness (QED) is 0.305. The molecule has 0 unspecified atom stereocenters. The third-order valence-corrected chi connectivity index (χ3v) is 7.27. The van der Waals surface area contributed by atoms with Crippen molar-refractivity contribution in [2.75, 3.05) is 26.2 Å². The predicted octanol–water partition coefficient (Wildman–Crippen LogP) is 6.02. The summed E-state index contributed by atoms with van der Waals surface area (Å²) in [6.45, 7) is 10.2. The summed E-state index contributed by atoms with van der Waals surface area (Å²) in [4.78, 5) is 15.2. The first-order valence-corrected chi connectivity index (χ1v) is 13.2. The van der Waals surface area contributed by atoms with Gasteiger partial charge in [-0.2, -0.15) is 5.10 Å². The average Bonchev–Trinajstić information content (AvgIpc) is 3.53. The van der Waals surface area contributed by atoms with Crippen molar-refractivity contribution in [1.29, 1.82) is 0 Å². The Kier molecular flexibility index (Phi) is 7.23. The maximum atomic E-state index is 12.7. The zero-order chi connectivity index (χ0) is 25.1. The minimum Gasteiger partial charge on any atom is -0.492 e. The first-order valence-electron chi connectivity index (χ1n) is 13.2. The lowest BCUT2D eigenvalue weighted by Gasteiger charge is -2.22. The van der Waals surface area contributed by atoms with Gasteiger partial charge in [0.2, 0.25) is 0 Å². The first-order chi connectivity index (χ1) is 17.5. The molecule has 6 nitrogen and oxygen atoms in total. The number of carbonyl (C=O) groups is 1. The van der Waals surface area contributed by atoms with E-state index in [1.54, 1.807) is 0 Å². The minimum atomic E-state index is -0.0459. The van der Waals surface area contributed by atoms with E-state index < -0.39 is 0 Å². The van der Waals surface area contributed by atoms with E-state index in [0.717, 1.165) is 58.3 Å². The first kappa shape index (κ1) is 24.3. The highest BCUT2D eigenvalue weighted by Crippen LogP contribution is 2.31. The molecule has 1 amide bonds. The third kappa shape index (κ3) is 5.24. The molecule has 2 N–H and O–H groups in total. The van der Waals surface area contributed by atoms with Gasteiger partial charge in [-0.25, -0.2) is 0 Å². The van der Waals surface area contributed by atoms with Crippen molar-refractivity contribution in [3.8, 4) is 17.0 Å². The van der Waals surface area contributed by atoms with Gasteiger partial charge in [-0.3, -0.25) is 14.8 Å². The number of benzene rings is 3. The van der Waals surface area contributed by atoms with Crippen LogP contribution in [-0.2, 0) is 0 Å². The molecule has 3 aromatic carbocycles. The van der Waals surface area contributed by atoms with Crippen LogP contribution in [0.2, 0.25) is 0 Å². The molecule has 2 heterocycles. The Balaban J connectivity index is 1.34. The van der Waals surface area contributed by atoms with Crippen LogP contribution in [0.1, 0.15) is 50.4 Å². The van der Waals surface area contributed by atoms with Crippen molar-refractivity contribution in [3.63, 3.8) is 0 Å². The van der Waals surface area contributed by atoms with E-state index in [1.165, 1.54) is 19.4 Å². The van der Waals surface area contributed by atoms with Crippen LogP contribution in [-0.4, -0.2) is 53.3 Å². The van der Waals surface area contributed by atoms with Crippen molar-refractivity contribution in [2.45, 2.75) is 46.1 Å². The highest BCUT2D eigenvalue weighted by atomic mass is 16.5. The number of hydrogen-bond acceptors (Lipinski definition) is 4. The zero-order valence-corrected chi connectivity index (χ0v) is 21.5. The number of ether oxygens (including phenoxy) is 1. The second-order valence-electron chi connectivity index (χ2n) is 10.2. The maximum Gasteiger partial charge on any atom is 0.251 e. The predicted molar refractivity (Wildman–Crippen MR) is 147 cm³/mol. The average molecular weight is 485 g/mol. The summed E-state index contributed by atoms with van der Waals surface area (Å²) in [6.07, 6.45) is 3.44. The summed E-state index contributed by atoms with van der Waals surface area (Å²) in [5, 5.41) is 13.9. The van der Waals surface area contributed by atoms with Crippen molar-refractivity contribution in [1.82, 2.24) is 20.4 Å². The van der Waals surface area contributed by atoms with E-state index >= 15 is 0 Å². The van der Waals surface area contributed by atoms with Crippen LogP contribution in [0.15, 0.2) is 54.6 Å². The Labute approximate surface area is 213 Å². The number of hydrogen-bond donors (Lipinski definition) is 2. The van der Waals surface area contributed by atoms with Gasteiger partial charge in [-0.05, 0) is 85.4 Å². The molecule has 4 aromatic rings. The molecule has 1 aliphatic heterocycles. The molecule has 0 saturated carbocycles. The number of amides is 1. The Morgan fingerprint density at radius 3 is 2.81 bits per heavy atom. The molecule has 1 aromatic heterocycles.